The Bertz CT molecular complexity index is 1100. The van der Waals surface area contributed by atoms with Gasteiger partial charge in [0.2, 0.25) is 0 Å². The molecular weight excluding hydrogens is 418 g/mol. The fraction of sp³-hybridized carbons (Fsp3) is 0.280. The van der Waals surface area contributed by atoms with Crippen molar-refractivity contribution in [1.82, 2.24) is 15.2 Å². The van der Waals surface area contributed by atoms with Crippen LogP contribution in [0, 0.1) is 6.92 Å². The van der Waals surface area contributed by atoms with E-state index in [-0.39, 0.29) is 0 Å². The van der Waals surface area contributed by atoms with Crippen molar-refractivity contribution in [2.45, 2.75) is 6.92 Å². The number of hydrogen-bond donors (Lipinski definition) is 3. The highest BCUT2D eigenvalue weighted by Gasteiger charge is 2.17. The minimum atomic E-state index is -0.511. The first-order valence-electron chi connectivity index (χ1n) is 11.1. The smallest absolute Gasteiger partial charge is 0.410 e. The molecule has 0 radical (unpaired) electrons. The lowest BCUT2D eigenvalue weighted by Crippen LogP contribution is -2.48. The molecule has 0 aliphatic carbocycles. The normalized spacial score (nSPS) is 14.2. The highest BCUT2D eigenvalue weighted by molar-refractivity contribution is 5.99. The zero-order valence-corrected chi connectivity index (χ0v) is 18.7. The van der Waals surface area contributed by atoms with Crippen LogP contribution in [0.25, 0.3) is 11.3 Å². The lowest BCUT2D eigenvalue weighted by atomic mass is 10.1. The number of para-hydroxylation sites is 1. The predicted molar refractivity (Wildman–Crippen MR) is 129 cm³/mol. The maximum Gasteiger partial charge on any atom is 0.412 e. The van der Waals surface area contributed by atoms with E-state index in [2.05, 4.69) is 44.4 Å². The summed E-state index contributed by atoms with van der Waals surface area (Å²) in [7, 11) is 0. The Hall–Kier alpha value is -3.78. The number of piperazine rings is 1. The van der Waals surface area contributed by atoms with E-state index in [1.54, 1.807) is 24.3 Å². The number of aromatic amines is 1. The van der Waals surface area contributed by atoms with Gasteiger partial charge in [0.15, 0.2) is 0 Å². The predicted octanol–water partition coefficient (Wildman–Crippen LogP) is 3.00. The van der Waals surface area contributed by atoms with Crippen molar-refractivity contribution in [2.75, 3.05) is 44.2 Å². The van der Waals surface area contributed by atoms with Crippen molar-refractivity contribution in [1.29, 1.82) is 0 Å². The molecule has 1 aliphatic heterocycles. The van der Waals surface area contributed by atoms with Gasteiger partial charge in [-0.05, 0) is 37.3 Å². The minimum absolute atomic E-state index is 0.393. The van der Waals surface area contributed by atoms with Crippen LogP contribution in [0.1, 0.15) is 16.1 Å². The Morgan fingerprint density at radius 1 is 1.03 bits per heavy atom. The highest BCUT2D eigenvalue weighted by atomic mass is 16.6. The number of nitrogens with zero attached hydrogens (tertiary/aromatic N) is 2. The van der Waals surface area contributed by atoms with Crippen LogP contribution >= 0.6 is 0 Å². The average molecular weight is 448 g/mol. The molecule has 33 heavy (non-hydrogen) atoms. The van der Waals surface area contributed by atoms with E-state index in [9.17, 15) is 9.59 Å². The van der Waals surface area contributed by atoms with Crippen LogP contribution in [0.15, 0.2) is 60.7 Å². The number of amides is 2. The largest absolute Gasteiger partial charge is 0.412 e. The molecule has 4 N–H and O–H groups in total. The highest BCUT2D eigenvalue weighted by Crippen LogP contribution is 2.27. The summed E-state index contributed by atoms with van der Waals surface area (Å²) in [6.45, 7) is 6.95. The van der Waals surface area contributed by atoms with Crippen molar-refractivity contribution in [3.8, 4) is 17.0 Å². The fourth-order valence-electron chi connectivity index (χ4n) is 4.05. The number of carbonyl (C=O) groups excluding carboxylic acids is 2. The second-order valence-electron chi connectivity index (χ2n) is 8.11. The number of ether oxygens (including phenoxy) is 1. The number of carbonyl (C=O) groups is 2. The van der Waals surface area contributed by atoms with Gasteiger partial charge in [-0.25, -0.2) is 4.79 Å². The van der Waals surface area contributed by atoms with Crippen molar-refractivity contribution >= 4 is 17.7 Å². The number of aromatic nitrogens is 1. The lowest BCUT2D eigenvalue weighted by Gasteiger charge is -2.36. The summed E-state index contributed by atoms with van der Waals surface area (Å²) in [5.41, 5.74) is 9.29. The van der Waals surface area contributed by atoms with Crippen LogP contribution in [-0.2, 0) is 0 Å². The quantitative estimate of drug-likeness (QED) is 0.517. The van der Waals surface area contributed by atoms with Crippen LogP contribution in [0.5, 0.6) is 5.75 Å². The number of nitrogens with two attached hydrogens (primary N) is 1. The van der Waals surface area contributed by atoms with Gasteiger partial charge in [0.1, 0.15) is 5.75 Å². The second kappa shape index (κ2) is 10.2. The molecule has 0 spiro atoms. The molecule has 0 bridgehead atoms. The third-order valence-electron chi connectivity index (χ3n) is 5.74. The summed E-state index contributed by atoms with van der Waals surface area (Å²) in [5.74, 6) is -0.118. The Morgan fingerprint density at radius 2 is 1.79 bits per heavy atom. The molecule has 172 valence electrons. The minimum Gasteiger partial charge on any atom is -0.410 e. The molecule has 8 heteroatoms. The van der Waals surface area contributed by atoms with E-state index >= 15 is 0 Å². The molecule has 1 fully saturated rings. The molecule has 4 rings (SSSR count). The summed E-state index contributed by atoms with van der Waals surface area (Å²) in [6.07, 6.45) is -0.507. The van der Waals surface area contributed by atoms with Crippen LogP contribution in [0.3, 0.4) is 0 Å². The van der Waals surface area contributed by atoms with Gasteiger partial charge in [-0.2, -0.15) is 0 Å². The van der Waals surface area contributed by atoms with Gasteiger partial charge in [-0.15, -0.1) is 0 Å². The topological polar surface area (TPSA) is 104 Å². The molecule has 0 atom stereocenters. The van der Waals surface area contributed by atoms with E-state index in [1.165, 1.54) is 5.69 Å². The number of benzene rings is 2. The van der Waals surface area contributed by atoms with Crippen LogP contribution < -0.4 is 20.7 Å². The number of aryl methyl sites for hydroxylation is 1. The molecule has 8 nitrogen and oxygen atoms in total. The summed E-state index contributed by atoms with van der Waals surface area (Å²) in [5, 5.41) is 2.82. The third-order valence-corrected chi connectivity index (χ3v) is 5.74. The number of anilines is 1. The van der Waals surface area contributed by atoms with Crippen molar-refractivity contribution in [3.63, 3.8) is 0 Å². The van der Waals surface area contributed by atoms with Crippen LogP contribution in [0.2, 0.25) is 0 Å². The number of hydrogen-bond acceptors (Lipinski definition) is 5. The van der Waals surface area contributed by atoms with Gasteiger partial charge < -0.3 is 25.7 Å². The number of nitrogens with one attached hydrogen (secondary N) is 2. The van der Waals surface area contributed by atoms with Gasteiger partial charge in [-0.1, -0.05) is 30.3 Å². The number of H-pyrrole nitrogens is 1. The first kappa shape index (κ1) is 22.4. The molecule has 1 aliphatic rings. The molecule has 1 saturated heterocycles. The Morgan fingerprint density at radius 3 is 2.52 bits per heavy atom. The van der Waals surface area contributed by atoms with Crippen molar-refractivity contribution in [2.24, 2.45) is 5.73 Å². The van der Waals surface area contributed by atoms with E-state index in [0.717, 1.165) is 44.0 Å². The van der Waals surface area contributed by atoms with E-state index < -0.39 is 12.0 Å². The van der Waals surface area contributed by atoms with Crippen molar-refractivity contribution in [3.05, 3.63) is 71.9 Å². The average Bonchev–Trinajstić information content (AvgIpc) is 3.22. The SMILES string of the molecule is Cc1cc(C(N)=O)c(-c2cccc(OC(=O)NCCN3CCN(c4ccccc4)CC3)c2)[nH]1. The molecule has 1 aromatic heterocycles. The van der Waals surface area contributed by atoms with E-state index in [0.29, 0.717) is 23.6 Å². The van der Waals surface area contributed by atoms with Gasteiger partial charge in [0.25, 0.3) is 5.91 Å². The summed E-state index contributed by atoms with van der Waals surface area (Å²) < 4.78 is 5.44. The molecule has 0 unspecified atom stereocenters. The first-order chi connectivity index (χ1) is 16.0. The number of primary amides is 1. The summed E-state index contributed by atoms with van der Waals surface area (Å²) in [6, 6.07) is 19.1. The monoisotopic (exact) mass is 447 g/mol. The second-order valence-corrected chi connectivity index (χ2v) is 8.11. The van der Waals surface area contributed by atoms with Gasteiger partial charge >= 0.3 is 6.09 Å². The molecule has 2 aromatic carbocycles. The third kappa shape index (κ3) is 5.72. The maximum atomic E-state index is 12.3. The maximum absolute atomic E-state index is 12.3. The Kier molecular flexibility index (Phi) is 6.95. The zero-order valence-electron chi connectivity index (χ0n) is 18.7. The zero-order chi connectivity index (χ0) is 23.2. The molecular formula is C25H29N5O3. The van der Waals surface area contributed by atoms with E-state index in [4.69, 9.17) is 10.5 Å². The molecule has 3 aromatic rings. The number of rotatable bonds is 7. The molecule has 0 saturated carbocycles. The fourth-order valence-corrected chi connectivity index (χ4v) is 4.05. The van der Waals surface area contributed by atoms with Crippen molar-refractivity contribution < 1.29 is 14.3 Å². The van der Waals surface area contributed by atoms with Gasteiger partial charge in [0, 0.05) is 56.2 Å². The standard InChI is InChI=1S/C25H29N5O3/c1-18-16-22(24(26)31)23(28-18)19-6-5-9-21(17-19)33-25(32)27-10-11-29-12-14-30(15-13-29)20-7-3-2-4-8-20/h2-9,16-17,28H,10-15H2,1H3,(H2,26,31)(H,27,32). The lowest BCUT2D eigenvalue weighted by molar-refractivity contribution is 0.100. The van der Waals surface area contributed by atoms with Gasteiger partial charge in [-0.3, -0.25) is 9.69 Å². The summed E-state index contributed by atoms with van der Waals surface area (Å²) in [4.78, 5) is 31.8. The molecule has 2 heterocycles. The van der Waals surface area contributed by atoms with Crippen LogP contribution in [0.4, 0.5) is 10.5 Å². The first-order valence-corrected chi connectivity index (χ1v) is 11.1. The Labute approximate surface area is 193 Å². The van der Waals surface area contributed by atoms with Gasteiger partial charge in [0.05, 0.1) is 11.3 Å². The van der Waals surface area contributed by atoms with E-state index in [1.807, 2.05) is 19.1 Å². The molecule has 2 amide bonds. The summed E-state index contributed by atoms with van der Waals surface area (Å²) >= 11 is 0. The Balaban J connectivity index is 1.25. The van der Waals surface area contributed by atoms with Crippen LogP contribution in [-0.4, -0.2) is 61.2 Å².